The van der Waals surface area contributed by atoms with Gasteiger partial charge in [-0.15, -0.1) is 0 Å². The molecular formula is C15H22N2O2S. The second-order valence-electron chi connectivity index (χ2n) is 5.23. The minimum Gasteiger partial charge on any atom is -0.324 e. The first-order chi connectivity index (χ1) is 9.54. The van der Waals surface area contributed by atoms with Crippen LogP contribution in [0.4, 0.5) is 0 Å². The van der Waals surface area contributed by atoms with Gasteiger partial charge >= 0.3 is 0 Å². The molecule has 0 aliphatic carbocycles. The number of benzene rings is 1. The van der Waals surface area contributed by atoms with Crippen LogP contribution in [0.15, 0.2) is 30.3 Å². The highest BCUT2D eigenvalue weighted by Gasteiger charge is 2.39. The van der Waals surface area contributed by atoms with Gasteiger partial charge in [-0.05, 0) is 18.9 Å². The number of rotatable bonds is 5. The van der Waals surface area contributed by atoms with Gasteiger partial charge in [-0.2, -0.15) is 0 Å². The molecule has 1 aliphatic rings. The van der Waals surface area contributed by atoms with E-state index in [0.717, 1.165) is 12.0 Å². The van der Waals surface area contributed by atoms with Crippen molar-refractivity contribution in [3.63, 3.8) is 0 Å². The Hall–Kier alpha value is -1.20. The number of carbonyl (C=O) groups excluding carboxylic acids is 1. The van der Waals surface area contributed by atoms with Gasteiger partial charge in [-0.3, -0.25) is 14.3 Å². The molecule has 4 unspecified atom stereocenters. The van der Waals surface area contributed by atoms with Crippen LogP contribution < -0.4 is 5.32 Å². The van der Waals surface area contributed by atoms with E-state index < -0.39 is 10.8 Å². The van der Waals surface area contributed by atoms with Crippen molar-refractivity contribution in [3.8, 4) is 0 Å². The number of amides is 1. The molecule has 4 atom stereocenters. The van der Waals surface area contributed by atoms with Crippen LogP contribution in [0.3, 0.4) is 0 Å². The van der Waals surface area contributed by atoms with Crippen molar-refractivity contribution >= 4 is 16.7 Å². The average molecular weight is 294 g/mol. The molecule has 1 aliphatic heterocycles. The molecule has 1 aromatic carbocycles. The molecule has 1 fully saturated rings. The highest BCUT2D eigenvalue weighted by Crippen LogP contribution is 2.25. The first-order valence-electron chi connectivity index (χ1n) is 6.98. The fraction of sp³-hybridized carbons (Fsp3) is 0.533. The van der Waals surface area contributed by atoms with Crippen LogP contribution in [0.1, 0.15) is 31.9 Å². The van der Waals surface area contributed by atoms with Crippen LogP contribution in [-0.2, 0) is 15.6 Å². The quantitative estimate of drug-likeness (QED) is 0.898. The van der Waals surface area contributed by atoms with Crippen LogP contribution in [0, 0.1) is 0 Å². The Bertz CT molecular complexity index is 492. The van der Waals surface area contributed by atoms with Gasteiger partial charge < -0.3 is 4.90 Å². The normalized spacial score (nSPS) is 25.8. The molecule has 0 bridgehead atoms. The zero-order chi connectivity index (χ0) is 14.7. The standard InChI is InChI=1S/C15H22N2O2S/c1-4-13-16-14(12-8-6-5-7-9-12)15(18)17(13)10-11(2)20(3)19/h5-9,11,13-14,16H,4,10H2,1-3H3. The summed E-state index contributed by atoms with van der Waals surface area (Å²) in [6, 6.07) is 9.48. The predicted molar refractivity (Wildman–Crippen MR) is 81.6 cm³/mol. The molecule has 1 amide bonds. The van der Waals surface area contributed by atoms with Crippen molar-refractivity contribution in [3.05, 3.63) is 35.9 Å². The Kier molecular flexibility index (Phi) is 4.94. The van der Waals surface area contributed by atoms with Gasteiger partial charge in [0.15, 0.2) is 0 Å². The molecule has 0 radical (unpaired) electrons. The molecule has 1 heterocycles. The van der Waals surface area contributed by atoms with E-state index in [1.165, 1.54) is 0 Å². The molecule has 110 valence electrons. The van der Waals surface area contributed by atoms with E-state index in [4.69, 9.17) is 0 Å². The lowest BCUT2D eigenvalue weighted by atomic mass is 10.1. The summed E-state index contributed by atoms with van der Waals surface area (Å²) in [5.41, 5.74) is 0.990. The van der Waals surface area contributed by atoms with Crippen LogP contribution in [-0.4, -0.2) is 39.2 Å². The maximum atomic E-state index is 12.6. The topological polar surface area (TPSA) is 49.4 Å². The lowest BCUT2D eigenvalue weighted by Crippen LogP contribution is -2.41. The maximum Gasteiger partial charge on any atom is 0.245 e. The summed E-state index contributed by atoms with van der Waals surface area (Å²) in [5.74, 6) is 0.0837. The molecule has 0 spiro atoms. The summed E-state index contributed by atoms with van der Waals surface area (Å²) >= 11 is 0. The van der Waals surface area contributed by atoms with Crippen molar-refractivity contribution in [2.75, 3.05) is 12.8 Å². The van der Waals surface area contributed by atoms with E-state index in [0.29, 0.717) is 6.54 Å². The molecule has 4 nitrogen and oxygen atoms in total. The third-order valence-electron chi connectivity index (χ3n) is 3.81. The van der Waals surface area contributed by atoms with E-state index in [1.807, 2.05) is 42.2 Å². The molecule has 2 rings (SSSR count). The number of hydrogen-bond donors (Lipinski definition) is 1. The highest BCUT2D eigenvalue weighted by atomic mass is 32.2. The minimum absolute atomic E-state index is 0.00989. The highest BCUT2D eigenvalue weighted by molar-refractivity contribution is 7.84. The van der Waals surface area contributed by atoms with Crippen LogP contribution in [0.2, 0.25) is 0 Å². The van der Waals surface area contributed by atoms with Crippen molar-refractivity contribution < 1.29 is 9.00 Å². The Labute approximate surface area is 123 Å². The predicted octanol–water partition coefficient (Wildman–Crippen LogP) is 1.66. The van der Waals surface area contributed by atoms with Gasteiger partial charge in [0.25, 0.3) is 0 Å². The first kappa shape index (κ1) is 15.2. The smallest absolute Gasteiger partial charge is 0.245 e. The van der Waals surface area contributed by atoms with Gasteiger partial charge in [0.2, 0.25) is 5.91 Å². The third-order valence-corrected chi connectivity index (χ3v) is 5.09. The van der Waals surface area contributed by atoms with E-state index in [-0.39, 0.29) is 23.4 Å². The van der Waals surface area contributed by atoms with E-state index in [1.54, 1.807) is 6.26 Å². The number of nitrogens with one attached hydrogen (secondary N) is 1. The zero-order valence-electron chi connectivity index (χ0n) is 12.2. The van der Waals surface area contributed by atoms with Gasteiger partial charge in [0.1, 0.15) is 6.04 Å². The molecule has 1 aromatic rings. The number of nitrogens with zero attached hydrogens (tertiary/aromatic N) is 1. The summed E-state index contributed by atoms with van der Waals surface area (Å²) in [6.45, 7) is 4.52. The average Bonchev–Trinajstić information content (AvgIpc) is 2.76. The van der Waals surface area contributed by atoms with Crippen LogP contribution in [0.5, 0.6) is 0 Å². The summed E-state index contributed by atoms with van der Waals surface area (Å²) < 4.78 is 11.5. The van der Waals surface area contributed by atoms with Crippen molar-refractivity contribution in [1.82, 2.24) is 10.2 Å². The van der Waals surface area contributed by atoms with Crippen LogP contribution in [0.25, 0.3) is 0 Å². The molecule has 5 heteroatoms. The van der Waals surface area contributed by atoms with Gasteiger partial charge in [-0.25, -0.2) is 0 Å². The fourth-order valence-electron chi connectivity index (χ4n) is 2.49. The van der Waals surface area contributed by atoms with E-state index >= 15 is 0 Å². The second-order valence-corrected chi connectivity index (χ2v) is 7.04. The lowest BCUT2D eigenvalue weighted by Gasteiger charge is -2.25. The molecule has 20 heavy (non-hydrogen) atoms. The molecular weight excluding hydrogens is 272 g/mol. The van der Waals surface area contributed by atoms with Crippen molar-refractivity contribution in [2.45, 2.75) is 37.7 Å². The molecule has 1 saturated heterocycles. The Morgan fingerprint density at radius 2 is 2.00 bits per heavy atom. The van der Waals surface area contributed by atoms with E-state index in [2.05, 4.69) is 12.2 Å². The second kappa shape index (κ2) is 6.50. The molecule has 0 saturated carbocycles. The molecule has 1 N–H and O–H groups in total. The van der Waals surface area contributed by atoms with E-state index in [9.17, 15) is 9.00 Å². The summed E-state index contributed by atoms with van der Waals surface area (Å²) in [5, 5.41) is 3.37. The fourth-order valence-corrected chi connectivity index (χ4v) is 2.87. The van der Waals surface area contributed by atoms with Crippen molar-refractivity contribution in [1.29, 1.82) is 0 Å². The largest absolute Gasteiger partial charge is 0.324 e. The monoisotopic (exact) mass is 294 g/mol. The summed E-state index contributed by atoms with van der Waals surface area (Å²) in [6.07, 6.45) is 2.56. The Morgan fingerprint density at radius 1 is 1.35 bits per heavy atom. The van der Waals surface area contributed by atoms with Gasteiger partial charge in [0.05, 0.1) is 6.17 Å². The van der Waals surface area contributed by atoms with Gasteiger partial charge in [0, 0.05) is 28.9 Å². The van der Waals surface area contributed by atoms with Gasteiger partial charge in [-0.1, -0.05) is 37.3 Å². The Balaban J connectivity index is 2.17. The van der Waals surface area contributed by atoms with Crippen molar-refractivity contribution in [2.24, 2.45) is 0 Å². The summed E-state index contributed by atoms with van der Waals surface area (Å²) in [7, 11) is -0.916. The third kappa shape index (κ3) is 3.10. The number of carbonyl (C=O) groups is 1. The van der Waals surface area contributed by atoms with Crippen LogP contribution >= 0.6 is 0 Å². The Morgan fingerprint density at radius 3 is 2.55 bits per heavy atom. The minimum atomic E-state index is -0.916. The maximum absolute atomic E-state index is 12.6. The number of hydrogen-bond acceptors (Lipinski definition) is 3. The molecule has 0 aromatic heterocycles. The zero-order valence-corrected chi connectivity index (χ0v) is 13.0. The SMILES string of the molecule is CCC1NC(c2ccccc2)C(=O)N1CC(C)S(C)=O. The first-order valence-corrected chi connectivity index (χ1v) is 8.60. The lowest BCUT2D eigenvalue weighted by molar-refractivity contribution is -0.130. The summed E-state index contributed by atoms with van der Waals surface area (Å²) in [4.78, 5) is 14.4.